The number of β-amino-alcohol motifs (C(OH)–C–C–N with tert-alkyl or cyclic N) is 1. The molecule has 2 atom stereocenters. The molecule has 1 aliphatic rings. The van der Waals surface area contributed by atoms with Crippen molar-refractivity contribution < 1.29 is 9.84 Å². The van der Waals surface area contributed by atoms with Gasteiger partial charge in [0.25, 0.3) is 0 Å². The first-order valence-electron chi connectivity index (χ1n) is 9.75. The van der Waals surface area contributed by atoms with Crippen LogP contribution in [-0.4, -0.2) is 52.3 Å². The van der Waals surface area contributed by atoms with E-state index < -0.39 is 6.10 Å². The molecular weight excluding hydrogens is 382 g/mol. The third-order valence-corrected chi connectivity index (χ3v) is 5.27. The van der Waals surface area contributed by atoms with Crippen molar-refractivity contribution in [1.29, 1.82) is 0 Å². The summed E-state index contributed by atoms with van der Waals surface area (Å²) >= 11 is 0. The number of nitrogens with zero attached hydrogens (tertiary/aromatic N) is 6. The van der Waals surface area contributed by atoms with Crippen LogP contribution >= 0.6 is 0 Å². The predicted octanol–water partition coefficient (Wildman–Crippen LogP) is 3.63. The number of azide groups is 1. The highest BCUT2D eigenvalue weighted by Crippen LogP contribution is 2.27. The number of methoxy groups -OCH3 is 1. The zero-order valence-corrected chi connectivity index (χ0v) is 16.6. The van der Waals surface area contributed by atoms with Gasteiger partial charge in [0.15, 0.2) is 0 Å². The van der Waals surface area contributed by atoms with Gasteiger partial charge in [-0.1, -0.05) is 17.2 Å². The van der Waals surface area contributed by atoms with E-state index in [0.29, 0.717) is 19.5 Å². The van der Waals surface area contributed by atoms with Crippen molar-refractivity contribution in [1.82, 2.24) is 14.9 Å². The number of hydrogen-bond acceptors (Lipinski definition) is 7. The number of aromatic nitrogens is 2. The first-order chi connectivity index (χ1) is 14.7. The quantitative estimate of drug-likeness (QED) is 0.367. The summed E-state index contributed by atoms with van der Waals surface area (Å²) in [6.07, 6.45) is 1.54. The number of likely N-dealkylation sites (tertiary alicyclic amines) is 1. The molecule has 9 nitrogen and oxygen atoms in total. The van der Waals surface area contributed by atoms with Crippen molar-refractivity contribution in [2.24, 2.45) is 5.11 Å². The van der Waals surface area contributed by atoms with Gasteiger partial charge in [-0.25, -0.2) is 9.97 Å². The van der Waals surface area contributed by atoms with Gasteiger partial charge in [-0.15, -0.1) is 0 Å². The molecule has 4 rings (SSSR count). The van der Waals surface area contributed by atoms with Crippen LogP contribution < -0.4 is 10.1 Å². The van der Waals surface area contributed by atoms with E-state index in [2.05, 4.69) is 36.3 Å². The first-order valence-corrected chi connectivity index (χ1v) is 9.75. The summed E-state index contributed by atoms with van der Waals surface area (Å²) in [4.78, 5) is 13.8. The predicted molar refractivity (Wildman–Crippen MR) is 115 cm³/mol. The second kappa shape index (κ2) is 8.96. The number of aliphatic hydroxyl groups excluding tert-OH is 1. The van der Waals surface area contributed by atoms with Crippen LogP contribution in [0.2, 0.25) is 0 Å². The van der Waals surface area contributed by atoms with Gasteiger partial charge in [0.05, 0.1) is 24.8 Å². The number of benzene rings is 2. The van der Waals surface area contributed by atoms with E-state index in [4.69, 9.17) is 10.3 Å². The van der Waals surface area contributed by atoms with Gasteiger partial charge in [-0.2, -0.15) is 0 Å². The monoisotopic (exact) mass is 405 g/mol. The fourth-order valence-corrected chi connectivity index (χ4v) is 3.73. The third-order valence-electron chi connectivity index (χ3n) is 5.27. The highest BCUT2D eigenvalue weighted by atomic mass is 16.5. The SMILES string of the molecule is COc1cccc(Nc2ncnc3ccc(CN4CC[C@@H](N=[N+]=[N-])[C@H](O)C4)cc23)c1. The van der Waals surface area contributed by atoms with Gasteiger partial charge in [0.1, 0.15) is 17.9 Å². The number of fused-ring (bicyclic) bond motifs is 1. The molecule has 0 amide bonds. The first kappa shape index (κ1) is 19.9. The summed E-state index contributed by atoms with van der Waals surface area (Å²) < 4.78 is 5.29. The Hall–Kier alpha value is -3.39. The topological polar surface area (TPSA) is 119 Å². The fraction of sp³-hybridized carbons (Fsp3) is 0.333. The van der Waals surface area contributed by atoms with E-state index in [-0.39, 0.29) is 6.04 Å². The molecule has 2 aromatic carbocycles. The summed E-state index contributed by atoms with van der Waals surface area (Å²) in [5.41, 5.74) is 11.4. The Balaban J connectivity index is 1.55. The Morgan fingerprint density at radius 3 is 3.00 bits per heavy atom. The molecule has 0 aliphatic carbocycles. The normalized spacial score (nSPS) is 19.3. The Morgan fingerprint density at radius 2 is 2.20 bits per heavy atom. The molecule has 9 heteroatoms. The summed E-state index contributed by atoms with van der Waals surface area (Å²) in [6.45, 7) is 1.92. The molecule has 2 N–H and O–H groups in total. The molecule has 0 saturated carbocycles. The number of aliphatic hydroxyl groups is 1. The average molecular weight is 405 g/mol. The Morgan fingerprint density at radius 1 is 1.30 bits per heavy atom. The van der Waals surface area contributed by atoms with Crippen molar-refractivity contribution in [3.8, 4) is 5.75 Å². The number of ether oxygens (including phenoxy) is 1. The summed E-state index contributed by atoms with van der Waals surface area (Å²) in [5.74, 6) is 1.49. The van der Waals surface area contributed by atoms with Crippen LogP contribution in [0.1, 0.15) is 12.0 Å². The lowest BCUT2D eigenvalue weighted by atomic mass is 10.0. The average Bonchev–Trinajstić information content (AvgIpc) is 2.76. The second-order valence-corrected chi connectivity index (χ2v) is 7.29. The highest BCUT2D eigenvalue weighted by Gasteiger charge is 2.26. The van der Waals surface area contributed by atoms with Crippen molar-refractivity contribution in [3.63, 3.8) is 0 Å². The number of nitrogens with one attached hydrogen (secondary N) is 1. The van der Waals surface area contributed by atoms with Crippen molar-refractivity contribution in [2.75, 3.05) is 25.5 Å². The molecule has 2 heterocycles. The maximum atomic E-state index is 10.2. The maximum Gasteiger partial charge on any atom is 0.141 e. The molecule has 1 aromatic heterocycles. The standard InChI is InChI=1S/C21H23N7O2/c1-30-16-4-2-3-15(10-16)25-21-17-9-14(5-6-18(17)23-13-24-21)11-28-8-7-19(26-27-22)20(29)12-28/h2-6,9-10,13,19-20,29H,7-8,11-12H2,1H3,(H,23,24,25)/t19-,20-/m1/s1. The summed E-state index contributed by atoms with van der Waals surface area (Å²) in [6, 6.07) is 13.4. The molecule has 1 aliphatic heterocycles. The largest absolute Gasteiger partial charge is 0.497 e. The van der Waals surface area contributed by atoms with Crippen molar-refractivity contribution >= 4 is 22.4 Å². The number of piperidine rings is 1. The van der Waals surface area contributed by atoms with E-state index in [9.17, 15) is 5.11 Å². The molecule has 0 radical (unpaired) electrons. The van der Waals surface area contributed by atoms with Crippen molar-refractivity contribution in [3.05, 3.63) is 64.8 Å². The number of hydrogen-bond donors (Lipinski definition) is 2. The molecule has 1 fully saturated rings. The molecule has 1 saturated heterocycles. The smallest absolute Gasteiger partial charge is 0.141 e. The van der Waals surface area contributed by atoms with Gasteiger partial charge in [-0.05, 0) is 48.3 Å². The van der Waals surface area contributed by atoms with Crippen LogP contribution in [0.3, 0.4) is 0 Å². The van der Waals surface area contributed by atoms with Crippen LogP contribution in [0.25, 0.3) is 21.3 Å². The zero-order chi connectivity index (χ0) is 20.9. The minimum atomic E-state index is -0.649. The van der Waals surface area contributed by atoms with Gasteiger partial charge in [0.2, 0.25) is 0 Å². The number of rotatable bonds is 6. The van der Waals surface area contributed by atoms with E-state index in [0.717, 1.165) is 40.3 Å². The van der Waals surface area contributed by atoms with Gasteiger partial charge >= 0.3 is 0 Å². The lowest BCUT2D eigenvalue weighted by molar-refractivity contribution is 0.0501. The summed E-state index contributed by atoms with van der Waals surface area (Å²) in [7, 11) is 1.64. The number of anilines is 2. The lowest BCUT2D eigenvalue weighted by Gasteiger charge is -2.33. The minimum absolute atomic E-state index is 0.352. The van der Waals surface area contributed by atoms with Crippen LogP contribution in [0.4, 0.5) is 11.5 Å². The van der Waals surface area contributed by atoms with E-state index >= 15 is 0 Å². The molecular formula is C21H23N7O2. The van der Waals surface area contributed by atoms with Crippen LogP contribution in [-0.2, 0) is 6.54 Å². The fourth-order valence-electron chi connectivity index (χ4n) is 3.73. The lowest BCUT2D eigenvalue weighted by Crippen LogP contribution is -2.45. The molecule has 3 aromatic rings. The second-order valence-electron chi connectivity index (χ2n) is 7.29. The highest BCUT2D eigenvalue weighted by molar-refractivity contribution is 5.91. The van der Waals surface area contributed by atoms with E-state index in [1.807, 2.05) is 36.4 Å². The van der Waals surface area contributed by atoms with Crippen LogP contribution in [0.5, 0.6) is 5.75 Å². The molecule has 0 spiro atoms. The molecule has 30 heavy (non-hydrogen) atoms. The summed E-state index contributed by atoms with van der Waals surface area (Å²) in [5, 5.41) is 18.2. The van der Waals surface area contributed by atoms with E-state index in [1.54, 1.807) is 13.4 Å². The Kier molecular flexibility index (Phi) is 5.94. The molecule has 0 bridgehead atoms. The van der Waals surface area contributed by atoms with Gasteiger partial charge in [-0.3, -0.25) is 4.90 Å². The van der Waals surface area contributed by atoms with Crippen LogP contribution in [0.15, 0.2) is 53.9 Å². The Bertz CT molecular complexity index is 1080. The molecule has 154 valence electrons. The molecule has 0 unspecified atom stereocenters. The zero-order valence-electron chi connectivity index (χ0n) is 16.6. The third kappa shape index (κ3) is 4.44. The van der Waals surface area contributed by atoms with Gasteiger partial charge < -0.3 is 15.2 Å². The Labute approximate surface area is 174 Å². The van der Waals surface area contributed by atoms with Gasteiger partial charge in [0, 0.05) is 35.1 Å². The maximum absolute atomic E-state index is 10.2. The minimum Gasteiger partial charge on any atom is -0.497 e. The van der Waals surface area contributed by atoms with E-state index in [1.165, 1.54) is 0 Å². The van der Waals surface area contributed by atoms with Crippen LogP contribution in [0, 0.1) is 0 Å². The van der Waals surface area contributed by atoms with Crippen molar-refractivity contribution in [2.45, 2.75) is 25.1 Å².